The van der Waals surface area contributed by atoms with E-state index in [9.17, 15) is 9.59 Å². The predicted octanol–water partition coefficient (Wildman–Crippen LogP) is 3.14. The van der Waals surface area contributed by atoms with Crippen LogP contribution in [0.2, 0.25) is 0 Å². The number of hydrogen-bond donors (Lipinski definition) is 0. The van der Waals surface area contributed by atoms with Gasteiger partial charge in [0.15, 0.2) is 12.2 Å². The van der Waals surface area contributed by atoms with E-state index in [0.29, 0.717) is 24.4 Å². The molecule has 0 bridgehead atoms. The van der Waals surface area contributed by atoms with E-state index in [1.807, 2.05) is 25.7 Å². The molecule has 2 aromatic rings. The number of ether oxygens (including phenoxy) is 1. The molecule has 0 radical (unpaired) electrons. The van der Waals surface area contributed by atoms with Crippen molar-refractivity contribution in [3.63, 3.8) is 0 Å². The summed E-state index contributed by atoms with van der Waals surface area (Å²) in [4.78, 5) is 41.6. The fraction of sp³-hybridized carbons (Fsp3) is 0.571. The Balaban J connectivity index is 1.41. The number of hydrogen-bond acceptors (Lipinski definition) is 7. The number of carbonyl (C=O) groups excluding carboxylic acids is 2. The molecule has 2 fully saturated rings. The summed E-state index contributed by atoms with van der Waals surface area (Å²) in [5.74, 6) is 0.583. The summed E-state index contributed by atoms with van der Waals surface area (Å²) >= 11 is 0. The van der Waals surface area contributed by atoms with E-state index in [0.717, 1.165) is 25.7 Å². The van der Waals surface area contributed by atoms with E-state index < -0.39 is 5.60 Å². The number of piperidine rings is 1. The quantitative estimate of drug-likeness (QED) is 0.759. The second-order valence-corrected chi connectivity index (χ2v) is 8.80. The highest BCUT2D eigenvalue weighted by Crippen LogP contribution is 2.33. The van der Waals surface area contributed by atoms with E-state index in [1.54, 1.807) is 23.5 Å². The molecule has 1 saturated carbocycles. The molecule has 3 heterocycles. The van der Waals surface area contributed by atoms with E-state index in [2.05, 4.69) is 15.0 Å². The fourth-order valence-corrected chi connectivity index (χ4v) is 3.68. The predicted molar refractivity (Wildman–Crippen MR) is 108 cm³/mol. The van der Waals surface area contributed by atoms with Crippen LogP contribution in [-0.2, 0) is 4.74 Å². The van der Waals surface area contributed by atoms with Gasteiger partial charge >= 0.3 is 6.09 Å². The van der Waals surface area contributed by atoms with Gasteiger partial charge < -0.3 is 19.0 Å². The van der Waals surface area contributed by atoms with Gasteiger partial charge in [-0.2, -0.15) is 0 Å². The zero-order valence-corrected chi connectivity index (χ0v) is 17.6. The first-order chi connectivity index (χ1) is 14.3. The van der Waals surface area contributed by atoms with Crippen LogP contribution in [0.15, 0.2) is 29.4 Å². The third-order valence-electron chi connectivity index (χ3n) is 5.24. The molecule has 1 saturated heterocycles. The van der Waals surface area contributed by atoms with Gasteiger partial charge in [0.25, 0.3) is 5.91 Å². The highest BCUT2D eigenvalue weighted by atomic mass is 16.6. The second-order valence-electron chi connectivity index (χ2n) is 8.80. The largest absolute Gasteiger partial charge is 0.444 e. The summed E-state index contributed by atoms with van der Waals surface area (Å²) in [5.41, 5.74) is 0.159. The van der Waals surface area contributed by atoms with Crippen molar-refractivity contribution < 1.29 is 18.7 Å². The Morgan fingerprint density at radius 2 is 1.70 bits per heavy atom. The molecule has 160 valence electrons. The van der Waals surface area contributed by atoms with Crippen molar-refractivity contribution in [2.75, 3.05) is 13.1 Å². The summed E-state index contributed by atoms with van der Waals surface area (Å²) in [5, 5.41) is 0. The normalized spacial score (nSPS) is 17.6. The SMILES string of the molecule is CC(C)(C)OC(=O)N1CCC(N(C(=O)c2ncc(-c3cnco3)cn2)C2CC2)CC1. The second kappa shape index (κ2) is 8.04. The number of oxazole rings is 1. The van der Waals surface area contributed by atoms with Crippen molar-refractivity contribution in [2.45, 2.75) is 64.1 Å². The van der Waals surface area contributed by atoms with Crippen LogP contribution in [0, 0.1) is 0 Å². The zero-order valence-electron chi connectivity index (χ0n) is 17.6. The van der Waals surface area contributed by atoms with Crippen molar-refractivity contribution in [2.24, 2.45) is 0 Å². The Kier molecular flexibility index (Phi) is 5.44. The minimum absolute atomic E-state index is 0.0706. The van der Waals surface area contributed by atoms with Gasteiger partial charge in [0.05, 0.1) is 11.8 Å². The van der Waals surface area contributed by atoms with Crippen molar-refractivity contribution in [1.29, 1.82) is 0 Å². The summed E-state index contributed by atoms with van der Waals surface area (Å²) < 4.78 is 10.7. The lowest BCUT2D eigenvalue weighted by Gasteiger charge is -2.38. The summed E-state index contributed by atoms with van der Waals surface area (Å²) in [6.07, 6.45) is 9.21. The van der Waals surface area contributed by atoms with Gasteiger partial charge in [-0.05, 0) is 46.5 Å². The monoisotopic (exact) mass is 413 g/mol. The Hall–Kier alpha value is -2.97. The molecule has 30 heavy (non-hydrogen) atoms. The van der Waals surface area contributed by atoms with Crippen molar-refractivity contribution in [1.82, 2.24) is 24.8 Å². The topological polar surface area (TPSA) is 102 Å². The fourth-order valence-electron chi connectivity index (χ4n) is 3.68. The van der Waals surface area contributed by atoms with Crippen LogP contribution in [0.25, 0.3) is 11.3 Å². The Morgan fingerprint density at radius 3 is 2.23 bits per heavy atom. The van der Waals surface area contributed by atoms with Crippen LogP contribution < -0.4 is 0 Å². The third-order valence-corrected chi connectivity index (χ3v) is 5.24. The molecule has 9 nitrogen and oxygen atoms in total. The van der Waals surface area contributed by atoms with Crippen LogP contribution >= 0.6 is 0 Å². The van der Waals surface area contributed by atoms with Gasteiger partial charge in [-0.3, -0.25) is 4.79 Å². The molecule has 2 aliphatic rings. The number of aromatic nitrogens is 3. The van der Waals surface area contributed by atoms with Crippen LogP contribution in [0.3, 0.4) is 0 Å². The van der Waals surface area contributed by atoms with Gasteiger partial charge in [-0.1, -0.05) is 0 Å². The molecular weight excluding hydrogens is 386 g/mol. The maximum atomic E-state index is 13.2. The Labute approximate surface area is 175 Å². The van der Waals surface area contributed by atoms with Gasteiger partial charge in [-0.25, -0.2) is 19.7 Å². The minimum atomic E-state index is -0.515. The number of amides is 2. The first kappa shape index (κ1) is 20.3. The van der Waals surface area contributed by atoms with Crippen molar-refractivity contribution in [3.8, 4) is 11.3 Å². The number of likely N-dealkylation sites (tertiary alicyclic amines) is 1. The molecule has 0 aromatic carbocycles. The Morgan fingerprint density at radius 1 is 1.07 bits per heavy atom. The van der Waals surface area contributed by atoms with Crippen LogP contribution in [0.5, 0.6) is 0 Å². The maximum absolute atomic E-state index is 13.2. The standard InChI is InChI=1S/C21H27N5O4/c1-21(2,3)30-20(28)25-8-6-16(7-9-25)26(15-4-5-15)19(27)18-23-10-14(11-24-18)17-12-22-13-29-17/h10-13,15-16H,4-9H2,1-3H3. The van der Waals surface area contributed by atoms with E-state index in [4.69, 9.17) is 9.15 Å². The molecule has 9 heteroatoms. The van der Waals surface area contributed by atoms with Gasteiger partial charge in [0.1, 0.15) is 5.60 Å². The van der Waals surface area contributed by atoms with E-state index in [-0.39, 0.29) is 29.9 Å². The van der Waals surface area contributed by atoms with Crippen LogP contribution in [-0.4, -0.2) is 67.5 Å². The lowest BCUT2D eigenvalue weighted by molar-refractivity contribution is 0.0141. The lowest BCUT2D eigenvalue weighted by Crippen LogP contribution is -2.50. The first-order valence-electron chi connectivity index (χ1n) is 10.3. The summed E-state index contributed by atoms with van der Waals surface area (Å²) in [6.45, 7) is 6.72. The number of rotatable bonds is 4. The molecule has 2 amide bonds. The van der Waals surface area contributed by atoms with Gasteiger partial charge in [0, 0.05) is 37.6 Å². The Bertz CT molecular complexity index is 879. The van der Waals surface area contributed by atoms with Gasteiger partial charge in [0.2, 0.25) is 5.82 Å². The van der Waals surface area contributed by atoms with Crippen LogP contribution in [0.4, 0.5) is 4.79 Å². The molecule has 1 aliphatic carbocycles. The average Bonchev–Trinajstić information content (AvgIpc) is 3.39. The molecule has 4 rings (SSSR count). The van der Waals surface area contributed by atoms with Crippen LogP contribution in [0.1, 0.15) is 57.1 Å². The summed E-state index contributed by atoms with van der Waals surface area (Å²) in [7, 11) is 0. The van der Waals surface area contributed by atoms with E-state index >= 15 is 0 Å². The minimum Gasteiger partial charge on any atom is -0.444 e. The molecule has 0 atom stereocenters. The average molecular weight is 413 g/mol. The highest BCUT2D eigenvalue weighted by Gasteiger charge is 2.40. The molecule has 0 spiro atoms. The molecule has 0 N–H and O–H groups in total. The molecule has 2 aromatic heterocycles. The lowest BCUT2D eigenvalue weighted by atomic mass is 10.0. The third kappa shape index (κ3) is 4.60. The summed E-state index contributed by atoms with van der Waals surface area (Å²) in [6, 6.07) is 0.300. The maximum Gasteiger partial charge on any atom is 0.410 e. The first-order valence-corrected chi connectivity index (χ1v) is 10.3. The van der Waals surface area contributed by atoms with Crippen molar-refractivity contribution in [3.05, 3.63) is 30.8 Å². The van der Waals surface area contributed by atoms with E-state index in [1.165, 1.54) is 6.39 Å². The van der Waals surface area contributed by atoms with Crippen molar-refractivity contribution >= 4 is 12.0 Å². The molecular formula is C21H27N5O4. The van der Waals surface area contributed by atoms with Gasteiger partial charge in [-0.15, -0.1) is 0 Å². The highest BCUT2D eigenvalue weighted by molar-refractivity contribution is 5.91. The number of carbonyl (C=O) groups is 2. The smallest absolute Gasteiger partial charge is 0.410 e. The molecule has 0 unspecified atom stereocenters. The molecule has 1 aliphatic heterocycles. The zero-order chi connectivity index (χ0) is 21.3. The number of nitrogens with zero attached hydrogens (tertiary/aromatic N) is 5.